The zero-order valence-electron chi connectivity index (χ0n) is 15.2. The van der Waals surface area contributed by atoms with Crippen LogP contribution in [0, 0.1) is 0 Å². The molecule has 2 heterocycles. The number of nitrogens with zero attached hydrogens (tertiary/aromatic N) is 1. The van der Waals surface area contributed by atoms with Crippen molar-refractivity contribution >= 4 is 15.9 Å². The Kier molecular flexibility index (Phi) is 6.29. The second-order valence-corrected chi connectivity index (χ2v) is 8.62. The molecule has 0 saturated carbocycles. The van der Waals surface area contributed by atoms with Crippen molar-refractivity contribution in [1.29, 1.82) is 0 Å². The maximum absolute atomic E-state index is 13.1. The second kappa shape index (κ2) is 8.47. The maximum atomic E-state index is 13.1. The van der Waals surface area contributed by atoms with Crippen LogP contribution in [-0.4, -0.2) is 64.1 Å². The van der Waals surface area contributed by atoms with Crippen LogP contribution in [0.5, 0.6) is 0 Å². The molecule has 1 amide bonds. The molecule has 2 aliphatic rings. The number of ether oxygens (including phenoxy) is 1. The Morgan fingerprint density at radius 1 is 1.35 bits per heavy atom. The van der Waals surface area contributed by atoms with Crippen molar-refractivity contribution in [2.45, 2.75) is 37.1 Å². The van der Waals surface area contributed by atoms with Crippen molar-refractivity contribution in [3.63, 3.8) is 0 Å². The van der Waals surface area contributed by atoms with Crippen LogP contribution in [-0.2, 0) is 21.2 Å². The molecule has 26 heavy (non-hydrogen) atoms. The fourth-order valence-corrected chi connectivity index (χ4v) is 5.13. The van der Waals surface area contributed by atoms with Crippen molar-refractivity contribution in [3.05, 3.63) is 29.3 Å². The van der Waals surface area contributed by atoms with Crippen LogP contribution in [0.15, 0.2) is 23.1 Å². The maximum Gasteiger partial charge on any atom is 0.251 e. The fourth-order valence-electron chi connectivity index (χ4n) is 3.40. The lowest BCUT2D eigenvalue weighted by Crippen LogP contribution is -2.45. The van der Waals surface area contributed by atoms with Crippen molar-refractivity contribution in [2.75, 3.05) is 39.4 Å². The van der Waals surface area contributed by atoms with Gasteiger partial charge in [0.05, 0.1) is 18.1 Å². The first-order chi connectivity index (χ1) is 12.5. The minimum Gasteiger partial charge on any atom is -0.379 e. The lowest BCUT2D eigenvalue weighted by Gasteiger charge is -2.27. The Hall–Kier alpha value is -1.48. The highest BCUT2D eigenvalue weighted by atomic mass is 32.2. The number of amides is 1. The normalized spacial score (nSPS) is 22.1. The monoisotopic (exact) mass is 381 g/mol. The van der Waals surface area contributed by atoms with Gasteiger partial charge in [0.1, 0.15) is 0 Å². The molecule has 0 aliphatic carbocycles. The van der Waals surface area contributed by atoms with Gasteiger partial charge in [-0.2, -0.15) is 4.31 Å². The summed E-state index contributed by atoms with van der Waals surface area (Å²) in [6.45, 7) is 5.12. The van der Waals surface area contributed by atoms with Crippen LogP contribution in [0.2, 0.25) is 0 Å². The summed E-state index contributed by atoms with van der Waals surface area (Å²) in [7, 11) is -3.63. The number of rotatable bonds is 5. The third-order valence-electron chi connectivity index (χ3n) is 4.93. The molecule has 0 spiro atoms. The first-order valence-electron chi connectivity index (χ1n) is 9.24. The molecule has 2 aliphatic heterocycles. The van der Waals surface area contributed by atoms with Gasteiger partial charge in [0, 0.05) is 31.2 Å². The second-order valence-electron chi connectivity index (χ2n) is 6.71. The van der Waals surface area contributed by atoms with E-state index < -0.39 is 10.0 Å². The van der Waals surface area contributed by atoms with E-state index in [0.717, 1.165) is 31.5 Å². The van der Waals surface area contributed by atoms with Gasteiger partial charge in [0.2, 0.25) is 10.0 Å². The summed E-state index contributed by atoms with van der Waals surface area (Å²) in [6, 6.07) is 5.07. The van der Waals surface area contributed by atoms with Crippen molar-refractivity contribution < 1.29 is 17.9 Å². The fraction of sp³-hybridized carbons (Fsp3) is 0.611. The SMILES string of the molecule is CCc1ccc(C(=O)NC2CCCNC2)cc1S(=O)(=O)N1CCOCC1. The highest BCUT2D eigenvalue weighted by molar-refractivity contribution is 7.89. The lowest BCUT2D eigenvalue weighted by atomic mass is 10.1. The Labute approximate surface area is 155 Å². The lowest BCUT2D eigenvalue weighted by molar-refractivity contribution is 0.0730. The molecule has 1 aromatic rings. The van der Waals surface area contributed by atoms with E-state index in [-0.39, 0.29) is 16.8 Å². The van der Waals surface area contributed by atoms with Gasteiger partial charge in [-0.1, -0.05) is 13.0 Å². The smallest absolute Gasteiger partial charge is 0.251 e. The molecule has 2 N–H and O–H groups in total. The van der Waals surface area contributed by atoms with E-state index >= 15 is 0 Å². The highest BCUT2D eigenvalue weighted by Crippen LogP contribution is 2.23. The van der Waals surface area contributed by atoms with Crippen LogP contribution >= 0.6 is 0 Å². The molecule has 1 unspecified atom stereocenters. The van der Waals surface area contributed by atoms with Crippen LogP contribution in [0.4, 0.5) is 0 Å². The van der Waals surface area contributed by atoms with E-state index in [1.165, 1.54) is 10.4 Å². The molecule has 1 atom stereocenters. The average molecular weight is 381 g/mol. The van der Waals surface area contributed by atoms with Crippen LogP contribution < -0.4 is 10.6 Å². The van der Waals surface area contributed by atoms with Crippen LogP contribution in [0.25, 0.3) is 0 Å². The number of carbonyl (C=O) groups excluding carboxylic acids is 1. The molecule has 0 radical (unpaired) electrons. The largest absolute Gasteiger partial charge is 0.379 e. The third kappa shape index (κ3) is 4.25. The number of morpholine rings is 1. The van der Waals surface area contributed by atoms with Gasteiger partial charge in [0.15, 0.2) is 0 Å². The number of nitrogens with one attached hydrogen (secondary N) is 2. The Morgan fingerprint density at radius 2 is 2.12 bits per heavy atom. The summed E-state index contributed by atoms with van der Waals surface area (Å²) in [5.41, 5.74) is 1.12. The molecule has 0 aromatic heterocycles. The number of sulfonamides is 1. The van der Waals surface area contributed by atoms with E-state index in [4.69, 9.17) is 4.74 Å². The predicted octanol–water partition coefficient (Wildman–Crippen LogP) is 0.752. The highest BCUT2D eigenvalue weighted by Gasteiger charge is 2.29. The third-order valence-corrected chi connectivity index (χ3v) is 6.91. The zero-order chi connectivity index (χ0) is 18.6. The standard InChI is InChI=1S/C18H27N3O4S/c1-2-14-5-6-15(18(22)20-16-4-3-7-19-13-16)12-17(14)26(23,24)21-8-10-25-11-9-21/h5-6,12,16,19H,2-4,7-11,13H2,1H3,(H,20,22). The Balaban J connectivity index is 1.84. The predicted molar refractivity (Wildman–Crippen MR) is 98.8 cm³/mol. The quantitative estimate of drug-likeness (QED) is 0.786. The van der Waals surface area contributed by atoms with Crippen LogP contribution in [0.1, 0.15) is 35.7 Å². The Bertz CT molecular complexity index is 739. The Morgan fingerprint density at radius 3 is 2.77 bits per heavy atom. The van der Waals surface area contributed by atoms with Crippen molar-refractivity contribution in [1.82, 2.24) is 14.9 Å². The van der Waals surface area contributed by atoms with E-state index in [1.807, 2.05) is 6.92 Å². The molecule has 1 aromatic carbocycles. The molecule has 2 fully saturated rings. The summed E-state index contributed by atoms with van der Waals surface area (Å²) in [4.78, 5) is 12.8. The van der Waals surface area contributed by atoms with Gasteiger partial charge < -0.3 is 15.4 Å². The first-order valence-corrected chi connectivity index (χ1v) is 10.7. The molecular weight excluding hydrogens is 354 g/mol. The van der Waals surface area contributed by atoms with E-state index in [2.05, 4.69) is 10.6 Å². The van der Waals surface area contributed by atoms with Gasteiger partial charge in [0.25, 0.3) is 5.91 Å². The average Bonchev–Trinajstić information content (AvgIpc) is 2.69. The first kappa shape index (κ1) is 19.3. The number of piperidine rings is 1. The molecule has 3 rings (SSSR count). The van der Waals surface area contributed by atoms with Crippen molar-refractivity contribution in [3.8, 4) is 0 Å². The van der Waals surface area contributed by atoms with Gasteiger partial charge in [-0.05, 0) is 43.5 Å². The van der Waals surface area contributed by atoms with Gasteiger partial charge >= 0.3 is 0 Å². The number of aryl methyl sites for hydroxylation is 1. The molecule has 8 heteroatoms. The summed E-state index contributed by atoms with van der Waals surface area (Å²) >= 11 is 0. The number of hydrogen-bond donors (Lipinski definition) is 2. The molecule has 7 nitrogen and oxygen atoms in total. The number of benzene rings is 1. The number of carbonyl (C=O) groups is 1. The summed E-state index contributed by atoms with van der Waals surface area (Å²) in [6.07, 6.45) is 2.55. The minimum atomic E-state index is -3.63. The van der Waals surface area contributed by atoms with Gasteiger partial charge in [-0.15, -0.1) is 0 Å². The molecular formula is C18H27N3O4S. The summed E-state index contributed by atoms with van der Waals surface area (Å²) < 4.78 is 32.8. The van der Waals surface area contributed by atoms with Crippen LogP contribution in [0.3, 0.4) is 0 Å². The molecule has 0 bridgehead atoms. The number of hydrogen-bond acceptors (Lipinski definition) is 5. The minimum absolute atomic E-state index is 0.0846. The van der Waals surface area contributed by atoms with E-state index in [1.54, 1.807) is 12.1 Å². The molecule has 2 saturated heterocycles. The summed E-state index contributed by atoms with van der Waals surface area (Å²) in [5, 5.41) is 6.26. The summed E-state index contributed by atoms with van der Waals surface area (Å²) in [5.74, 6) is -0.222. The zero-order valence-corrected chi connectivity index (χ0v) is 16.0. The molecule has 144 valence electrons. The topological polar surface area (TPSA) is 87.7 Å². The van der Waals surface area contributed by atoms with E-state index in [9.17, 15) is 13.2 Å². The van der Waals surface area contributed by atoms with Crippen molar-refractivity contribution in [2.24, 2.45) is 0 Å². The van der Waals surface area contributed by atoms with Gasteiger partial charge in [-0.3, -0.25) is 4.79 Å². The van der Waals surface area contributed by atoms with Gasteiger partial charge in [-0.25, -0.2) is 8.42 Å². The van der Waals surface area contributed by atoms with E-state index in [0.29, 0.717) is 38.3 Å².